The number of rotatable bonds is 5. The molecule has 1 N–H and O–H groups in total. The number of non-ortho nitro benzene ring substituents is 1. The third-order valence-corrected chi connectivity index (χ3v) is 3.01. The molecule has 0 spiro atoms. The van der Waals surface area contributed by atoms with Gasteiger partial charge in [-0.25, -0.2) is 0 Å². The molecule has 0 fully saturated rings. The second kappa shape index (κ2) is 6.47. The van der Waals surface area contributed by atoms with E-state index in [1.807, 2.05) is 31.3 Å². The van der Waals surface area contributed by atoms with Crippen LogP contribution in [0.15, 0.2) is 54.6 Å². The Morgan fingerprint density at radius 1 is 1.14 bits per heavy atom. The largest absolute Gasteiger partial charge is 0.388 e. The second-order valence-corrected chi connectivity index (χ2v) is 4.34. The zero-order valence-electron chi connectivity index (χ0n) is 11.4. The van der Waals surface area contributed by atoms with Gasteiger partial charge in [0.1, 0.15) is 0 Å². The van der Waals surface area contributed by atoms with Gasteiger partial charge >= 0.3 is 0 Å². The lowest BCUT2D eigenvalue weighted by molar-refractivity contribution is -0.384. The van der Waals surface area contributed by atoms with Gasteiger partial charge < -0.3 is 5.32 Å². The van der Waals surface area contributed by atoms with E-state index in [4.69, 9.17) is 0 Å². The van der Waals surface area contributed by atoms with Crippen molar-refractivity contribution in [2.75, 3.05) is 12.4 Å². The van der Waals surface area contributed by atoms with E-state index in [0.29, 0.717) is 5.56 Å². The van der Waals surface area contributed by atoms with Crippen LogP contribution in [0.3, 0.4) is 0 Å². The van der Waals surface area contributed by atoms with Crippen LogP contribution in [0.4, 0.5) is 11.4 Å². The number of hydrogen-bond donors (Lipinski definition) is 1. The Morgan fingerprint density at radius 2 is 1.81 bits per heavy atom. The zero-order chi connectivity index (χ0) is 15.2. The molecule has 0 unspecified atom stereocenters. The number of nitrogens with zero attached hydrogens (tertiary/aromatic N) is 1. The van der Waals surface area contributed by atoms with E-state index in [-0.39, 0.29) is 11.5 Å². The van der Waals surface area contributed by atoms with Crippen molar-refractivity contribution in [1.82, 2.24) is 0 Å². The minimum Gasteiger partial charge on any atom is -0.388 e. The van der Waals surface area contributed by atoms with Crippen molar-refractivity contribution >= 4 is 23.2 Å². The number of hydrogen-bond acceptors (Lipinski definition) is 4. The Labute approximate surface area is 122 Å². The molecule has 0 heterocycles. The Hall–Kier alpha value is -2.95. The number of ketones is 1. The van der Waals surface area contributed by atoms with Crippen LogP contribution in [0.25, 0.3) is 6.08 Å². The van der Waals surface area contributed by atoms with E-state index >= 15 is 0 Å². The van der Waals surface area contributed by atoms with E-state index in [9.17, 15) is 14.9 Å². The maximum Gasteiger partial charge on any atom is 0.269 e. The van der Waals surface area contributed by atoms with Crippen LogP contribution in [0.2, 0.25) is 0 Å². The highest BCUT2D eigenvalue weighted by Crippen LogP contribution is 2.17. The average molecular weight is 282 g/mol. The number of carbonyl (C=O) groups is 1. The monoisotopic (exact) mass is 282 g/mol. The average Bonchev–Trinajstić information content (AvgIpc) is 2.52. The van der Waals surface area contributed by atoms with Gasteiger partial charge in [0, 0.05) is 30.4 Å². The maximum atomic E-state index is 12.0. The predicted octanol–water partition coefficient (Wildman–Crippen LogP) is 3.53. The molecule has 0 radical (unpaired) electrons. The Kier molecular flexibility index (Phi) is 4.46. The smallest absolute Gasteiger partial charge is 0.269 e. The van der Waals surface area contributed by atoms with Crippen LogP contribution in [0.5, 0.6) is 0 Å². The maximum absolute atomic E-state index is 12.0. The molecule has 0 saturated heterocycles. The molecule has 0 atom stereocenters. The zero-order valence-corrected chi connectivity index (χ0v) is 11.4. The molecule has 2 aromatic carbocycles. The van der Waals surface area contributed by atoms with Crippen molar-refractivity contribution in [3.8, 4) is 0 Å². The molecular weight excluding hydrogens is 268 g/mol. The normalized spacial score (nSPS) is 10.5. The molecule has 0 aromatic heterocycles. The molecule has 2 aromatic rings. The molecule has 0 bridgehead atoms. The summed E-state index contributed by atoms with van der Waals surface area (Å²) in [5, 5.41) is 13.6. The first-order valence-corrected chi connectivity index (χ1v) is 6.35. The molecule has 0 aliphatic rings. The number of anilines is 1. The molecule has 0 aliphatic heterocycles. The van der Waals surface area contributed by atoms with E-state index < -0.39 is 4.92 Å². The Balaban J connectivity index is 2.17. The topological polar surface area (TPSA) is 72.2 Å². The molecule has 0 saturated carbocycles. The van der Waals surface area contributed by atoms with Gasteiger partial charge in [-0.3, -0.25) is 14.9 Å². The number of nitro benzene ring substituents is 1. The summed E-state index contributed by atoms with van der Waals surface area (Å²) in [6, 6.07) is 13.1. The van der Waals surface area contributed by atoms with Gasteiger partial charge in [-0.15, -0.1) is 0 Å². The first-order valence-electron chi connectivity index (χ1n) is 6.35. The molecule has 5 heteroatoms. The van der Waals surface area contributed by atoms with Gasteiger partial charge in [0.05, 0.1) is 4.92 Å². The van der Waals surface area contributed by atoms with Gasteiger partial charge in [-0.05, 0) is 35.9 Å². The minimum atomic E-state index is -0.493. The summed E-state index contributed by atoms with van der Waals surface area (Å²) in [5.74, 6) is -0.198. The lowest BCUT2D eigenvalue weighted by Crippen LogP contribution is -1.96. The number of nitro groups is 1. The minimum absolute atomic E-state index is 0.0314. The first kappa shape index (κ1) is 14.5. The summed E-state index contributed by atoms with van der Waals surface area (Å²) in [4.78, 5) is 22.1. The van der Waals surface area contributed by atoms with Gasteiger partial charge in [0.15, 0.2) is 5.78 Å². The van der Waals surface area contributed by atoms with E-state index in [1.54, 1.807) is 6.08 Å². The van der Waals surface area contributed by atoms with Crippen LogP contribution in [-0.4, -0.2) is 17.8 Å². The lowest BCUT2D eigenvalue weighted by atomic mass is 10.1. The van der Waals surface area contributed by atoms with Gasteiger partial charge in [0.25, 0.3) is 5.69 Å². The van der Waals surface area contributed by atoms with Crippen LogP contribution in [0.1, 0.15) is 15.9 Å². The Morgan fingerprint density at radius 3 is 2.43 bits per heavy atom. The first-order chi connectivity index (χ1) is 10.1. The summed E-state index contributed by atoms with van der Waals surface area (Å²) in [6.07, 6.45) is 3.17. The van der Waals surface area contributed by atoms with Crippen LogP contribution in [0, 0.1) is 10.1 Å². The molecule has 2 rings (SSSR count). The van der Waals surface area contributed by atoms with Gasteiger partial charge in [-0.2, -0.15) is 0 Å². The summed E-state index contributed by atoms with van der Waals surface area (Å²) in [6.45, 7) is 0. The molecule has 5 nitrogen and oxygen atoms in total. The summed E-state index contributed by atoms with van der Waals surface area (Å²) in [5.41, 5.74) is 2.20. The summed E-state index contributed by atoms with van der Waals surface area (Å²) in [7, 11) is 1.81. The van der Waals surface area contributed by atoms with Crippen molar-refractivity contribution in [1.29, 1.82) is 0 Å². The standard InChI is InChI=1S/C16H14N2O3/c1-17-15-5-3-2-4-12(15)8-11-16(19)13-6-9-14(10-7-13)18(20)21/h2-11,17H,1H3/b11-8+. The molecule has 106 valence electrons. The number of para-hydroxylation sites is 1. The number of nitrogens with one attached hydrogen (secondary N) is 1. The number of benzene rings is 2. The fraction of sp³-hybridized carbons (Fsp3) is 0.0625. The molecule has 21 heavy (non-hydrogen) atoms. The lowest BCUT2D eigenvalue weighted by Gasteiger charge is -2.03. The third kappa shape index (κ3) is 3.54. The summed E-state index contributed by atoms with van der Waals surface area (Å²) >= 11 is 0. The highest BCUT2D eigenvalue weighted by Gasteiger charge is 2.07. The van der Waals surface area contributed by atoms with Crippen molar-refractivity contribution in [3.63, 3.8) is 0 Å². The van der Waals surface area contributed by atoms with Crippen molar-refractivity contribution in [3.05, 3.63) is 75.8 Å². The second-order valence-electron chi connectivity index (χ2n) is 4.34. The highest BCUT2D eigenvalue weighted by atomic mass is 16.6. The van der Waals surface area contributed by atoms with E-state index in [1.165, 1.54) is 30.3 Å². The molecule has 0 aliphatic carbocycles. The number of allylic oxidation sites excluding steroid dienone is 1. The van der Waals surface area contributed by atoms with Crippen LogP contribution in [-0.2, 0) is 0 Å². The van der Waals surface area contributed by atoms with Crippen molar-refractivity contribution in [2.24, 2.45) is 0 Å². The number of carbonyl (C=O) groups excluding carboxylic acids is 1. The van der Waals surface area contributed by atoms with Crippen molar-refractivity contribution < 1.29 is 9.72 Å². The van der Waals surface area contributed by atoms with E-state index in [2.05, 4.69) is 5.32 Å². The van der Waals surface area contributed by atoms with Crippen LogP contribution >= 0.6 is 0 Å². The van der Waals surface area contributed by atoms with Gasteiger partial charge in [-0.1, -0.05) is 18.2 Å². The van der Waals surface area contributed by atoms with Crippen LogP contribution < -0.4 is 5.32 Å². The fourth-order valence-corrected chi connectivity index (χ4v) is 1.88. The predicted molar refractivity (Wildman–Crippen MR) is 82.4 cm³/mol. The molecular formula is C16H14N2O3. The SMILES string of the molecule is CNc1ccccc1/C=C/C(=O)c1ccc([N+](=O)[O-])cc1. The van der Waals surface area contributed by atoms with E-state index in [0.717, 1.165) is 11.3 Å². The van der Waals surface area contributed by atoms with Crippen molar-refractivity contribution in [2.45, 2.75) is 0 Å². The molecule has 0 amide bonds. The van der Waals surface area contributed by atoms with Gasteiger partial charge in [0.2, 0.25) is 0 Å². The quantitative estimate of drug-likeness (QED) is 0.394. The highest BCUT2D eigenvalue weighted by molar-refractivity contribution is 6.07. The summed E-state index contributed by atoms with van der Waals surface area (Å²) < 4.78 is 0. The Bertz CT molecular complexity index is 691. The third-order valence-electron chi connectivity index (χ3n) is 3.01. The fourth-order valence-electron chi connectivity index (χ4n) is 1.88.